The highest BCUT2D eigenvalue weighted by molar-refractivity contribution is 6.14. The molecular formula is C20H16N2O2. The van der Waals surface area contributed by atoms with E-state index in [1.807, 2.05) is 0 Å². The highest BCUT2D eigenvalue weighted by atomic mass is 16.1. The first kappa shape index (κ1) is 15.5. The van der Waals surface area contributed by atoms with Gasteiger partial charge in [0.2, 0.25) is 0 Å². The molecule has 0 atom stereocenters. The predicted octanol–water partition coefficient (Wildman–Crippen LogP) is 3.31. The lowest BCUT2D eigenvalue weighted by molar-refractivity contribution is 0.103. The molecule has 0 heterocycles. The Kier molecular flexibility index (Phi) is 4.12. The standard InChI is InChI=1S/C20H16N2O2/c21-16-10-8-13(9-11-16)19(23)14-4-3-5-15(12-14)20(24)17-6-1-2-7-18(17)22/h1-12H,21-22H2. The lowest BCUT2D eigenvalue weighted by Crippen LogP contribution is -2.07. The van der Waals surface area contributed by atoms with Crippen molar-refractivity contribution >= 4 is 22.9 Å². The average Bonchev–Trinajstić information content (AvgIpc) is 2.62. The van der Waals surface area contributed by atoms with Crippen molar-refractivity contribution in [2.45, 2.75) is 0 Å². The van der Waals surface area contributed by atoms with Gasteiger partial charge < -0.3 is 11.5 Å². The minimum atomic E-state index is -0.208. The number of anilines is 2. The molecule has 0 aliphatic rings. The van der Waals surface area contributed by atoms with Gasteiger partial charge in [-0.2, -0.15) is 0 Å². The normalized spacial score (nSPS) is 10.3. The van der Waals surface area contributed by atoms with Crippen LogP contribution in [0.15, 0.2) is 72.8 Å². The highest BCUT2D eigenvalue weighted by Crippen LogP contribution is 2.19. The van der Waals surface area contributed by atoms with Crippen LogP contribution in [0.2, 0.25) is 0 Å². The van der Waals surface area contributed by atoms with Crippen LogP contribution in [-0.4, -0.2) is 11.6 Å². The van der Waals surface area contributed by atoms with E-state index in [4.69, 9.17) is 11.5 Å². The minimum absolute atomic E-state index is 0.161. The first-order chi connectivity index (χ1) is 11.6. The van der Waals surface area contributed by atoms with Crippen LogP contribution < -0.4 is 11.5 Å². The van der Waals surface area contributed by atoms with Crippen LogP contribution in [0.1, 0.15) is 31.8 Å². The largest absolute Gasteiger partial charge is 0.399 e. The molecular weight excluding hydrogens is 300 g/mol. The van der Waals surface area contributed by atoms with Crippen LogP contribution in [0.4, 0.5) is 11.4 Å². The lowest BCUT2D eigenvalue weighted by Gasteiger charge is -2.07. The van der Waals surface area contributed by atoms with Crippen molar-refractivity contribution in [1.29, 1.82) is 0 Å². The van der Waals surface area contributed by atoms with E-state index < -0.39 is 0 Å². The van der Waals surface area contributed by atoms with Crippen molar-refractivity contribution in [3.63, 3.8) is 0 Å². The molecule has 0 aliphatic heterocycles. The van der Waals surface area contributed by atoms with Gasteiger partial charge in [-0.1, -0.05) is 30.3 Å². The van der Waals surface area contributed by atoms with E-state index in [0.29, 0.717) is 33.6 Å². The van der Waals surface area contributed by atoms with Crippen molar-refractivity contribution in [3.8, 4) is 0 Å². The molecule has 0 amide bonds. The van der Waals surface area contributed by atoms with Crippen LogP contribution in [0, 0.1) is 0 Å². The fraction of sp³-hybridized carbons (Fsp3) is 0. The van der Waals surface area contributed by atoms with E-state index >= 15 is 0 Å². The summed E-state index contributed by atoms with van der Waals surface area (Å²) in [6.45, 7) is 0. The van der Waals surface area contributed by atoms with Crippen molar-refractivity contribution in [2.24, 2.45) is 0 Å². The molecule has 4 heteroatoms. The first-order valence-electron chi connectivity index (χ1n) is 7.46. The number of hydrogen-bond donors (Lipinski definition) is 2. The number of nitrogen functional groups attached to an aromatic ring is 2. The summed E-state index contributed by atoms with van der Waals surface area (Å²) >= 11 is 0. The van der Waals surface area contributed by atoms with Gasteiger partial charge >= 0.3 is 0 Å². The Bertz CT molecular complexity index is 915. The monoisotopic (exact) mass is 316 g/mol. The maximum atomic E-state index is 12.6. The molecule has 0 radical (unpaired) electrons. The van der Waals surface area contributed by atoms with E-state index in [1.54, 1.807) is 72.8 Å². The minimum Gasteiger partial charge on any atom is -0.399 e. The zero-order chi connectivity index (χ0) is 17.1. The van der Waals surface area contributed by atoms with E-state index in [-0.39, 0.29) is 11.6 Å². The molecule has 0 bridgehead atoms. The van der Waals surface area contributed by atoms with E-state index in [2.05, 4.69) is 0 Å². The summed E-state index contributed by atoms with van der Waals surface area (Å²) in [7, 11) is 0. The van der Waals surface area contributed by atoms with Crippen LogP contribution in [0.5, 0.6) is 0 Å². The highest BCUT2D eigenvalue weighted by Gasteiger charge is 2.15. The quantitative estimate of drug-likeness (QED) is 0.571. The van der Waals surface area contributed by atoms with Crippen LogP contribution in [0.25, 0.3) is 0 Å². The number of hydrogen-bond acceptors (Lipinski definition) is 4. The van der Waals surface area contributed by atoms with Crippen molar-refractivity contribution in [3.05, 3.63) is 95.1 Å². The third-order valence-electron chi connectivity index (χ3n) is 3.77. The third-order valence-corrected chi connectivity index (χ3v) is 3.77. The molecule has 3 aromatic rings. The fourth-order valence-electron chi connectivity index (χ4n) is 2.46. The Morgan fingerprint density at radius 2 is 1.25 bits per heavy atom. The number of rotatable bonds is 4. The molecule has 0 aliphatic carbocycles. The summed E-state index contributed by atoms with van der Waals surface area (Å²) in [4.78, 5) is 25.2. The van der Waals surface area contributed by atoms with Crippen molar-refractivity contribution < 1.29 is 9.59 Å². The summed E-state index contributed by atoms with van der Waals surface area (Å²) in [5.74, 6) is -0.370. The van der Waals surface area contributed by atoms with E-state index in [9.17, 15) is 9.59 Å². The second-order valence-corrected chi connectivity index (χ2v) is 5.45. The molecule has 3 rings (SSSR count). The number of para-hydroxylation sites is 1. The zero-order valence-corrected chi connectivity index (χ0v) is 12.9. The molecule has 4 N–H and O–H groups in total. The van der Waals surface area contributed by atoms with E-state index in [1.165, 1.54) is 0 Å². The Balaban J connectivity index is 1.95. The van der Waals surface area contributed by atoms with Crippen LogP contribution >= 0.6 is 0 Å². The Morgan fingerprint density at radius 1 is 0.625 bits per heavy atom. The number of benzene rings is 3. The second-order valence-electron chi connectivity index (χ2n) is 5.45. The molecule has 0 spiro atoms. The van der Waals surface area contributed by atoms with Gasteiger partial charge in [0.1, 0.15) is 0 Å². The van der Waals surface area contributed by atoms with Crippen LogP contribution in [0.3, 0.4) is 0 Å². The van der Waals surface area contributed by atoms with Gasteiger partial charge in [0.15, 0.2) is 11.6 Å². The van der Waals surface area contributed by atoms with Gasteiger partial charge in [0, 0.05) is 33.6 Å². The average molecular weight is 316 g/mol. The molecule has 24 heavy (non-hydrogen) atoms. The summed E-state index contributed by atoms with van der Waals surface area (Å²) in [5.41, 5.74) is 14.3. The summed E-state index contributed by atoms with van der Waals surface area (Å²) in [6, 6.07) is 20.2. The number of carbonyl (C=O) groups excluding carboxylic acids is 2. The number of nitrogens with two attached hydrogens (primary N) is 2. The summed E-state index contributed by atoms with van der Waals surface area (Å²) < 4.78 is 0. The molecule has 3 aromatic carbocycles. The SMILES string of the molecule is Nc1ccc(C(=O)c2cccc(C(=O)c3ccccc3N)c2)cc1. The molecule has 0 fully saturated rings. The van der Waals surface area contributed by atoms with Gasteiger partial charge in [-0.05, 0) is 42.5 Å². The summed E-state index contributed by atoms with van der Waals surface area (Å²) in [5, 5.41) is 0. The van der Waals surface area contributed by atoms with Gasteiger partial charge in [0.05, 0.1) is 0 Å². The molecule has 0 aromatic heterocycles. The Hall–Kier alpha value is -3.40. The molecule has 0 saturated heterocycles. The maximum absolute atomic E-state index is 12.6. The van der Waals surface area contributed by atoms with Gasteiger partial charge in [-0.25, -0.2) is 0 Å². The van der Waals surface area contributed by atoms with Gasteiger partial charge in [-0.3, -0.25) is 9.59 Å². The maximum Gasteiger partial charge on any atom is 0.195 e. The fourth-order valence-corrected chi connectivity index (χ4v) is 2.46. The Morgan fingerprint density at radius 3 is 1.92 bits per heavy atom. The number of carbonyl (C=O) groups is 2. The second kappa shape index (κ2) is 6.38. The lowest BCUT2D eigenvalue weighted by atomic mass is 9.97. The first-order valence-corrected chi connectivity index (χ1v) is 7.46. The van der Waals surface area contributed by atoms with Crippen molar-refractivity contribution in [1.82, 2.24) is 0 Å². The molecule has 0 saturated carbocycles. The predicted molar refractivity (Wildman–Crippen MR) is 95.0 cm³/mol. The van der Waals surface area contributed by atoms with Crippen LogP contribution in [-0.2, 0) is 0 Å². The van der Waals surface area contributed by atoms with E-state index in [0.717, 1.165) is 0 Å². The Labute approximate surface area is 139 Å². The van der Waals surface area contributed by atoms with Gasteiger partial charge in [0.25, 0.3) is 0 Å². The number of ketones is 2. The molecule has 0 unspecified atom stereocenters. The zero-order valence-electron chi connectivity index (χ0n) is 12.9. The summed E-state index contributed by atoms with van der Waals surface area (Å²) in [6.07, 6.45) is 0. The van der Waals surface area contributed by atoms with Gasteiger partial charge in [-0.15, -0.1) is 0 Å². The van der Waals surface area contributed by atoms with Crippen molar-refractivity contribution in [2.75, 3.05) is 11.5 Å². The topological polar surface area (TPSA) is 86.2 Å². The smallest absolute Gasteiger partial charge is 0.195 e. The third kappa shape index (κ3) is 3.03. The molecule has 118 valence electrons. The molecule has 4 nitrogen and oxygen atoms in total.